The van der Waals surface area contributed by atoms with Crippen LogP contribution in [0.4, 0.5) is 0 Å². The molecule has 1 saturated carbocycles. The number of aryl methyl sites for hydroxylation is 1. The second-order valence-corrected chi connectivity index (χ2v) is 5.22. The zero-order chi connectivity index (χ0) is 11.5. The van der Waals surface area contributed by atoms with Gasteiger partial charge in [0.1, 0.15) is 0 Å². The summed E-state index contributed by atoms with van der Waals surface area (Å²) >= 11 is 0. The minimum Gasteiger partial charge on any atom is -0.340 e. The third-order valence-corrected chi connectivity index (χ3v) is 3.30. The van der Waals surface area contributed by atoms with Gasteiger partial charge in [0, 0.05) is 13.0 Å². The lowest BCUT2D eigenvalue weighted by atomic mass is 9.80. The molecule has 2 atom stereocenters. The van der Waals surface area contributed by atoms with E-state index in [2.05, 4.69) is 29.3 Å². The molecule has 16 heavy (non-hydrogen) atoms. The van der Waals surface area contributed by atoms with Crippen LogP contribution < -0.4 is 5.32 Å². The summed E-state index contributed by atoms with van der Waals surface area (Å²) in [6, 6.07) is 0.609. The van der Waals surface area contributed by atoms with Gasteiger partial charge < -0.3 is 9.84 Å². The van der Waals surface area contributed by atoms with Crippen LogP contribution in [-0.4, -0.2) is 16.2 Å². The number of rotatable bonds is 3. The minimum atomic E-state index is 0.609. The normalized spacial score (nSPS) is 30.6. The summed E-state index contributed by atoms with van der Waals surface area (Å²) in [6.45, 7) is 7.22. The van der Waals surface area contributed by atoms with E-state index in [1.165, 1.54) is 19.3 Å². The Morgan fingerprint density at radius 2 is 1.94 bits per heavy atom. The van der Waals surface area contributed by atoms with Crippen molar-refractivity contribution in [1.82, 2.24) is 15.5 Å². The van der Waals surface area contributed by atoms with Crippen LogP contribution in [0.1, 0.15) is 44.8 Å². The molecule has 2 rings (SSSR count). The van der Waals surface area contributed by atoms with Gasteiger partial charge in [0.15, 0.2) is 5.82 Å². The third-order valence-electron chi connectivity index (χ3n) is 3.30. The van der Waals surface area contributed by atoms with Crippen molar-refractivity contribution in [2.75, 3.05) is 0 Å². The molecule has 1 N–H and O–H groups in total. The van der Waals surface area contributed by atoms with Crippen molar-refractivity contribution in [3.63, 3.8) is 0 Å². The van der Waals surface area contributed by atoms with Crippen molar-refractivity contribution in [1.29, 1.82) is 0 Å². The van der Waals surface area contributed by atoms with Crippen LogP contribution in [0.25, 0.3) is 0 Å². The fourth-order valence-corrected chi connectivity index (χ4v) is 2.76. The van der Waals surface area contributed by atoms with Crippen LogP contribution in [0.5, 0.6) is 0 Å². The molecule has 1 aliphatic carbocycles. The Bertz CT molecular complexity index is 327. The molecule has 0 spiro atoms. The molecule has 0 aliphatic heterocycles. The fraction of sp³-hybridized carbons (Fsp3) is 0.833. The predicted octanol–water partition coefficient (Wildman–Crippen LogP) is 2.29. The molecule has 1 aliphatic rings. The highest BCUT2D eigenvalue weighted by atomic mass is 16.5. The van der Waals surface area contributed by atoms with Crippen LogP contribution in [0.15, 0.2) is 4.52 Å². The Kier molecular flexibility index (Phi) is 3.59. The van der Waals surface area contributed by atoms with E-state index >= 15 is 0 Å². The van der Waals surface area contributed by atoms with Gasteiger partial charge in [-0.1, -0.05) is 19.0 Å². The zero-order valence-corrected chi connectivity index (χ0v) is 10.4. The summed E-state index contributed by atoms with van der Waals surface area (Å²) in [4.78, 5) is 4.19. The van der Waals surface area contributed by atoms with Crippen molar-refractivity contribution < 1.29 is 4.52 Å². The molecule has 1 aromatic rings. The predicted molar refractivity (Wildman–Crippen MR) is 61.8 cm³/mol. The number of nitrogens with zero attached hydrogens (tertiary/aromatic N) is 2. The van der Waals surface area contributed by atoms with Crippen molar-refractivity contribution in [2.24, 2.45) is 11.8 Å². The summed E-state index contributed by atoms with van der Waals surface area (Å²) in [7, 11) is 0. The van der Waals surface area contributed by atoms with Gasteiger partial charge in [0.2, 0.25) is 5.89 Å². The molecule has 0 aromatic carbocycles. The fourth-order valence-electron chi connectivity index (χ4n) is 2.76. The monoisotopic (exact) mass is 223 g/mol. The standard InChI is InChI=1S/C12H21N3O/c1-8-4-9(2)6-11(5-8)13-7-12-14-10(3)16-15-12/h8-9,11,13H,4-7H2,1-3H3. The Balaban J connectivity index is 1.81. The van der Waals surface area contributed by atoms with E-state index in [1.54, 1.807) is 0 Å². The van der Waals surface area contributed by atoms with Crippen LogP contribution in [0.3, 0.4) is 0 Å². The zero-order valence-electron chi connectivity index (χ0n) is 10.4. The van der Waals surface area contributed by atoms with Gasteiger partial charge in [-0.25, -0.2) is 0 Å². The maximum Gasteiger partial charge on any atom is 0.223 e. The lowest BCUT2D eigenvalue weighted by molar-refractivity contribution is 0.236. The lowest BCUT2D eigenvalue weighted by Crippen LogP contribution is -2.36. The van der Waals surface area contributed by atoms with Crippen molar-refractivity contribution in [3.8, 4) is 0 Å². The molecule has 1 fully saturated rings. The summed E-state index contributed by atoms with van der Waals surface area (Å²) in [6.07, 6.45) is 3.89. The lowest BCUT2D eigenvalue weighted by Gasteiger charge is -2.31. The number of aromatic nitrogens is 2. The highest BCUT2D eigenvalue weighted by Crippen LogP contribution is 2.28. The van der Waals surface area contributed by atoms with Gasteiger partial charge in [-0.05, 0) is 31.1 Å². The van der Waals surface area contributed by atoms with E-state index in [0.29, 0.717) is 11.9 Å². The maximum atomic E-state index is 4.95. The first-order valence-corrected chi connectivity index (χ1v) is 6.16. The number of hydrogen-bond acceptors (Lipinski definition) is 4. The van der Waals surface area contributed by atoms with Gasteiger partial charge >= 0.3 is 0 Å². The van der Waals surface area contributed by atoms with Gasteiger partial charge in [-0.15, -0.1) is 0 Å². The third kappa shape index (κ3) is 3.04. The molecule has 0 saturated heterocycles. The van der Waals surface area contributed by atoms with Crippen LogP contribution in [-0.2, 0) is 6.54 Å². The SMILES string of the molecule is Cc1nc(CNC2CC(C)CC(C)C2)no1. The Hall–Kier alpha value is -0.900. The summed E-state index contributed by atoms with van der Waals surface area (Å²) < 4.78 is 4.95. The van der Waals surface area contributed by atoms with E-state index in [9.17, 15) is 0 Å². The molecule has 1 aromatic heterocycles. The quantitative estimate of drug-likeness (QED) is 0.854. The van der Waals surface area contributed by atoms with Crippen LogP contribution in [0.2, 0.25) is 0 Å². The number of hydrogen-bond donors (Lipinski definition) is 1. The topological polar surface area (TPSA) is 51.0 Å². The first-order chi connectivity index (χ1) is 7.63. The van der Waals surface area contributed by atoms with E-state index in [1.807, 2.05) is 6.92 Å². The van der Waals surface area contributed by atoms with Gasteiger partial charge in [0.05, 0.1) is 6.54 Å². The average Bonchev–Trinajstić information content (AvgIpc) is 2.60. The second kappa shape index (κ2) is 4.95. The molecule has 4 nitrogen and oxygen atoms in total. The largest absolute Gasteiger partial charge is 0.340 e. The van der Waals surface area contributed by atoms with Gasteiger partial charge in [-0.3, -0.25) is 0 Å². The second-order valence-electron chi connectivity index (χ2n) is 5.22. The summed E-state index contributed by atoms with van der Waals surface area (Å²) in [5, 5.41) is 7.42. The van der Waals surface area contributed by atoms with E-state index in [-0.39, 0.29) is 0 Å². The van der Waals surface area contributed by atoms with Crippen molar-refractivity contribution in [3.05, 3.63) is 11.7 Å². The Morgan fingerprint density at radius 1 is 1.25 bits per heavy atom. The van der Waals surface area contributed by atoms with Crippen molar-refractivity contribution in [2.45, 2.75) is 52.6 Å². The summed E-state index contributed by atoms with van der Waals surface area (Å²) in [5.74, 6) is 3.06. The Labute approximate surface area is 96.8 Å². The maximum absolute atomic E-state index is 4.95. The first kappa shape index (κ1) is 11.6. The van der Waals surface area contributed by atoms with Crippen LogP contribution in [0, 0.1) is 18.8 Å². The molecule has 4 heteroatoms. The molecular weight excluding hydrogens is 202 g/mol. The van der Waals surface area contributed by atoms with Crippen LogP contribution >= 0.6 is 0 Å². The Morgan fingerprint density at radius 3 is 2.50 bits per heavy atom. The van der Waals surface area contributed by atoms with Gasteiger partial charge in [-0.2, -0.15) is 4.98 Å². The van der Waals surface area contributed by atoms with Crippen molar-refractivity contribution >= 4 is 0 Å². The molecule has 0 radical (unpaired) electrons. The van der Waals surface area contributed by atoms with Gasteiger partial charge in [0.25, 0.3) is 0 Å². The molecule has 2 unspecified atom stereocenters. The van der Waals surface area contributed by atoms with E-state index in [0.717, 1.165) is 24.2 Å². The molecular formula is C12H21N3O. The number of nitrogens with one attached hydrogen (secondary N) is 1. The first-order valence-electron chi connectivity index (χ1n) is 6.16. The molecule has 0 amide bonds. The minimum absolute atomic E-state index is 0.609. The summed E-state index contributed by atoms with van der Waals surface area (Å²) in [5.41, 5.74) is 0. The highest BCUT2D eigenvalue weighted by molar-refractivity contribution is 4.86. The van der Waals surface area contributed by atoms with E-state index in [4.69, 9.17) is 4.52 Å². The molecule has 90 valence electrons. The smallest absolute Gasteiger partial charge is 0.223 e. The van der Waals surface area contributed by atoms with E-state index < -0.39 is 0 Å². The molecule has 0 bridgehead atoms. The average molecular weight is 223 g/mol. The highest BCUT2D eigenvalue weighted by Gasteiger charge is 2.23. The molecule has 1 heterocycles.